The third kappa shape index (κ3) is 3.34. The lowest BCUT2D eigenvalue weighted by atomic mass is 10.0. The summed E-state index contributed by atoms with van der Waals surface area (Å²) < 4.78 is 16.1. The van der Waals surface area contributed by atoms with Crippen LogP contribution in [0.1, 0.15) is 34.7 Å². The second-order valence-corrected chi connectivity index (χ2v) is 4.60. The van der Waals surface area contributed by atoms with Gasteiger partial charge in [0.1, 0.15) is 12.4 Å². The SMILES string of the molecule is Cc1cc(COCC2CCOCC2)oc1C(=O)O. The number of aromatic carboxylic acids is 1. The van der Waals surface area contributed by atoms with Gasteiger partial charge in [0.25, 0.3) is 0 Å². The third-order valence-corrected chi connectivity index (χ3v) is 3.10. The number of aryl methyl sites for hydroxylation is 1. The molecule has 1 N–H and O–H groups in total. The average molecular weight is 254 g/mol. The maximum absolute atomic E-state index is 10.8. The summed E-state index contributed by atoms with van der Waals surface area (Å²) >= 11 is 0. The van der Waals surface area contributed by atoms with Gasteiger partial charge in [0.15, 0.2) is 0 Å². The summed E-state index contributed by atoms with van der Waals surface area (Å²) in [5, 5.41) is 8.86. The van der Waals surface area contributed by atoms with Gasteiger partial charge in [-0.3, -0.25) is 0 Å². The van der Waals surface area contributed by atoms with Crippen LogP contribution in [-0.2, 0) is 16.1 Å². The molecule has 1 aliphatic rings. The molecular weight excluding hydrogens is 236 g/mol. The van der Waals surface area contributed by atoms with Crippen LogP contribution in [0, 0.1) is 12.8 Å². The Hall–Kier alpha value is -1.33. The number of furan rings is 1. The van der Waals surface area contributed by atoms with Gasteiger partial charge in [-0.1, -0.05) is 0 Å². The molecule has 0 aromatic carbocycles. The van der Waals surface area contributed by atoms with Gasteiger partial charge in [0.2, 0.25) is 5.76 Å². The van der Waals surface area contributed by atoms with Crippen LogP contribution in [0.3, 0.4) is 0 Å². The van der Waals surface area contributed by atoms with Crippen molar-refractivity contribution in [3.63, 3.8) is 0 Å². The van der Waals surface area contributed by atoms with Crippen LogP contribution in [0.5, 0.6) is 0 Å². The number of carbonyl (C=O) groups is 1. The Morgan fingerprint density at radius 1 is 1.50 bits per heavy atom. The molecule has 0 radical (unpaired) electrons. The first kappa shape index (κ1) is 13.1. The summed E-state index contributed by atoms with van der Waals surface area (Å²) in [6, 6.07) is 1.72. The van der Waals surface area contributed by atoms with E-state index in [0.29, 0.717) is 30.5 Å². The number of hydrogen-bond donors (Lipinski definition) is 1. The number of hydrogen-bond acceptors (Lipinski definition) is 4. The molecule has 0 amide bonds. The summed E-state index contributed by atoms with van der Waals surface area (Å²) in [4.78, 5) is 10.8. The first-order valence-corrected chi connectivity index (χ1v) is 6.15. The molecule has 1 aromatic rings. The summed E-state index contributed by atoms with van der Waals surface area (Å²) in [5.74, 6) is 0.0635. The van der Waals surface area contributed by atoms with E-state index < -0.39 is 5.97 Å². The Balaban J connectivity index is 1.79. The molecule has 1 aromatic heterocycles. The summed E-state index contributed by atoms with van der Waals surface area (Å²) in [6.45, 7) is 4.32. The molecule has 2 heterocycles. The fourth-order valence-corrected chi connectivity index (χ4v) is 2.07. The van der Waals surface area contributed by atoms with Gasteiger partial charge in [-0.05, 0) is 31.7 Å². The minimum absolute atomic E-state index is 0.000309. The number of rotatable bonds is 5. The van der Waals surface area contributed by atoms with Gasteiger partial charge < -0.3 is 19.0 Å². The molecular formula is C13H18O5. The van der Waals surface area contributed by atoms with Crippen LogP contribution < -0.4 is 0 Å². The van der Waals surface area contributed by atoms with Gasteiger partial charge >= 0.3 is 5.97 Å². The van der Waals surface area contributed by atoms with Crippen LogP contribution in [0.2, 0.25) is 0 Å². The largest absolute Gasteiger partial charge is 0.475 e. The molecule has 100 valence electrons. The highest BCUT2D eigenvalue weighted by atomic mass is 16.5. The van der Waals surface area contributed by atoms with Crippen molar-refractivity contribution in [3.8, 4) is 0 Å². The Labute approximate surface area is 106 Å². The first-order chi connectivity index (χ1) is 8.66. The fraction of sp³-hybridized carbons (Fsp3) is 0.615. The van der Waals surface area contributed by atoms with Crippen molar-refractivity contribution in [1.29, 1.82) is 0 Å². The summed E-state index contributed by atoms with van der Waals surface area (Å²) in [6.07, 6.45) is 2.05. The number of carboxylic acids is 1. The molecule has 0 atom stereocenters. The van der Waals surface area contributed by atoms with Crippen molar-refractivity contribution in [2.45, 2.75) is 26.4 Å². The van der Waals surface area contributed by atoms with E-state index in [0.717, 1.165) is 26.1 Å². The Morgan fingerprint density at radius 3 is 2.83 bits per heavy atom. The van der Waals surface area contributed by atoms with Crippen molar-refractivity contribution >= 4 is 5.97 Å². The van der Waals surface area contributed by atoms with E-state index in [1.165, 1.54) is 0 Å². The highest BCUT2D eigenvalue weighted by Crippen LogP contribution is 2.18. The highest BCUT2D eigenvalue weighted by molar-refractivity contribution is 5.86. The van der Waals surface area contributed by atoms with Crippen molar-refractivity contribution in [1.82, 2.24) is 0 Å². The molecule has 1 fully saturated rings. The molecule has 1 saturated heterocycles. The lowest BCUT2D eigenvalue weighted by Crippen LogP contribution is -2.20. The molecule has 0 aliphatic carbocycles. The van der Waals surface area contributed by atoms with Crippen LogP contribution >= 0.6 is 0 Å². The molecule has 0 unspecified atom stereocenters. The third-order valence-electron chi connectivity index (χ3n) is 3.10. The second-order valence-electron chi connectivity index (χ2n) is 4.60. The van der Waals surface area contributed by atoms with Crippen LogP contribution in [-0.4, -0.2) is 30.9 Å². The quantitative estimate of drug-likeness (QED) is 0.872. The smallest absolute Gasteiger partial charge is 0.372 e. The van der Waals surface area contributed by atoms with Crippen LogP contribution in [0.4, 0.5) is 0 Å². The van der Waals surface area contributed by atoms with Crippen LogP contribution in [0.15, 0.2) is 10.5 Å². The van der Waals surface area contributed by atoms with Crippen LogP contribution in [0.25, 0.3) is 0 Å². The van der Waals surface area contributed by atoms with E-state index in [1.807, 2.05) is 0 Å². The normalized spacial score (nSPS) is 16.9. The van der Waals surface area contributed by atoms with E-state index in [2.05, 4.69) is 0 Å². The number of ether oxygens (including phenoxy) is 2. The zero-order valence-electron chi connectivity index (χ0n) is 10.5. The van der Waals surface area contributed by atoms with Crippen molar-refractivity contribution in [2.24, 2.45) is 5.92 Å². The zero-order valence-corrected chi connectivity index (χ0v) is 10.5. The van der Waals surface area contributed by atoms with E-state index in [9.17, 15) is 4.79 Å². The highest BCUT2D eigenvalue weighted by Gasteiger charge is 2.16. The van der Waals surface area contributed by atoms with Gasteiger partial charge in [0.05, 0.1) is 6.61 Å². The lowest BCUT2D eigenvalue weighted by molar-refractivity contribution is 0.0116. The Bertz CT molecular complexity index is 404. The monoisotopic (exact) mass is 254 g/mol. The Morgan fingerprint density at radius 2 is 2.22 bits per heavy atom. The first-order valence-electron chi connectivity index (χ1n) is 6.15. The maximum atomic E-state index is 10.8. The van der Waals surface area contributed by atoms with E-state index in [4.69, 9.17) is 19.0 Å². The summed E-state index contributed by atoms with van der Waals surface area (Å²) in [7, 11) is 0. The minimum atomic E-state index is -1.04. The molecule has 2 rings (SSSR count). The van der Waals surface area contributed by atoms with Gasteiger partial charge in [0, 0.05) is 18.8 Å². The lowest BCUT2D eigenvalue weighted by Gasteiger charge is -2.21. The molecule has 5 heteroatoms. The Kier molecular flexibility index (Phi) is 4.38. The predicted octanol–water partition coefficient (Wildman–Crippen LogP) is 2.23. The fourth-order valence-electron chi connectivity index (χ4n) is 2.07. The van der Waals surface area contributed by atoms with Gasteiger partial charge in [-0.2, -0.15) is 0 Å². The van der Waals surface area contributed by atoms with E-state index >= 15 is 0 Å². The summed E-state index contributed by atoms with van der Waals surface area (Å²) in [5.41, 5.74) is 0.632. The number of carboxylic acid groups (broad SMARTS) is 1. The molecule has 18 heavy (non-hydrogen) atoms. The molecule has 0 saturated carbocycles. The molecule has 0 bridgehead atoms. The predicted molar refractivity (Wildman–Crippen MR) is 63.6 cm³/mol. The second kappa shape index (κ2) is 6.02. The van der Waals surface area contributed by atoms with Crippen molar-refractivity contribution < 1.29 is 23.8 Å². The van der Waals surface area contributed by atoms with E-state index in [-0.39, 0.29) is 5.76 Å². The van der Waals surface area contributed by atoms with Crippen molar-refractivity contribution in [2.75, 3.05) is 19.8 Å². The zero-order chi connectivity index (χ0) is 13.0. The van der Waals surface area contributed by atoms with Gasteiger partial charge in [-0.15, -0.1) is 0 Å². The maximum Gasteiger partial charge on any atom is 0.372 e. The average Bonchev–Trinajstić information content (AvgIpc) is 2.72. The molecule has 5 nitrogen and oxygen atoms in total. The molecule has 1 aliphatic heterocycles. The van der Waals surface area contributed by atoms with Gasteiger partial charge in [-0.25, -0.2) is 4.79 Å². The van der Waals surface area contributed by atoms with Crippen molar-refractivity contribution in [3.05, 3.63) is 23.2 Å². The standard InChI is InChI=1S/C13H18O5/c1-9-6-11(18-12(9)13(14)15)8-17-7-10-2-4-16-5-3-10/h6,10H,2-5,7-8H2,1H3,(H,14,15). The topological polar surface area (TPSA) is 68.9 Å². The van der Waals surface area contributed by atoms with E-state index in [1.54, 1.807) is 13.0 Å². The minimum Gasteiger partial charge on any atom is -0.475 e. The molecule has 0 spiro atoms.